The predicted molar refractivity (Wildman–Crippen MR) is 74.5 cm³/mol. The van der Waals surface area contributed by atoms with Crippen molar-refractivity contribution in [1.29, 1.82) is 0 Å². The summed E-state index contributed by atoms with van der Waals surface area (Å²) in [5, 5.41) is 12.8. The summed E-state index contributed by atoms with van der Waals surface area (Å²) in [5.41, 5.74) is -0.597. The third-order valence-electron chi connectivity index (χ3n) is 3.40. The predicted octanol–water partition coefficient (Wildman–Crippen LogP) is 3.62. The molecule has 2 unspecified atom stereocenters. The second-order valence-electron chi connectivity index (χ2n) is 5.20. The maximum absolute atomic E-state index is 10.7. The van der Waals surface area contributed by atoms with Gasteiger partial charge in [0.05, 0.1) is 11.7 Å². The summed E-state index contributed by atoms with van der Waals surface area (Å²) in [6, 6.07) is 2.04. The van der Waals surface area contributed by atoms with E-state index in [1.807, 2.05) is 6.07 Å². The van der Waals surface area contributed by atoms with E-state index in [0.717, 1.165) is 23.7 Å². The van der Waals surface area contributed by atoms with Crippen molar-refractivity contribution in [3.05, 3.63) is 20.8 Å². The fraction of sp³-hybridized carbons (Fsp3) is 0.692. The first-order valence-corrected chi connectivity index (χ1v) is 7.73. The van der Waals surface area contributed by atoms with Crippen LogP contribution in [0.1, 0.15) is 31.6 Å². The van der Waals surface area contributed by atoms with Crippen molar-refractivity contribution in [3.8, 4) is 0 Å². The Balaban J connectivity index is 2.06. The lowest BCUT2D eigenvalue weighted by atomic mass is 9.83. The molecule has 1 aliphatic rings. The summed E-state index contributed by atoms with van der Waals surface area (Å²) >= 11 is 5.23. The molecule has 0 bridgehead atoms. The summed E-state index contributed by atoms with van der Waals surface area (Å²) in [6.45, 7) is 4.97. The first kappa shape index (κ1) is 13.5. The van der Waals surface area contributed by atoms with Gasteiger partial charge in [0, 0.05) is 28.8 Å². The monoisotopic (exact) mass is 318 g/mol. The molecule has 1 aliphatic heterocycles. The van der Waals surface area contributed by atoms with E-state index >= 15 is 0 Å². The molecule has 0 amide bonds. The van der Waals surface area contributed by atoms with Gasteiger partial charge in [-0.2, -0.15) is 0 Å². The molecule has 2 nitrogen and oxygen atoms in total. The van der Waals surface area contributed by atoms with Crippen LogP contribution in [0.5, 0.6) is 0 Å². The largest absolute Gasteiger partial charge is 0.389 e. The minimum absolute atomic E-state index is 0.187. The van der Waals surface area contributed by atoms with Crippen molar-refractivity contribution in [3.63, 3.8) is 0 Å². The van der Waals surface area contributed by atoms with Gasteiger partial charge in [0.1, 0.15) is 0 Å². The van der Waals surface area contributed by atoms with E-state index < -0.39 is 5.60 Å². The van der Waals surface area contributed by atoms with Crippen LogP contribution in [0.2, 0.25) is 0 Å². The van der Waals surface area contributed by atoms with E-state index in [1.54, 1.807) is 11.3 Å². The van der Waals surface area contributed by atoms with E-state index in [4.69, 9.17) is 4.74 Å². The zero-order valence-electron chi connectivity index (χ0n) is 10.3. The average Bonchev–Trinajstić information content (AvgIpc) is 2.64. The number of halogens is 1. The van der Waals surface area contributed by atoms with Gasteiger partial charge in [-0.1, -0.05) is 13.8 Å². The lowest BCUT2D eigenvalue weighted by Crippen LogP contribution is -2.44. The van der Waals surface area contributed by atoms with Crippen LogP contribution in [-0.2, 0) is 11.2 Å². The van der Waals surface area contributed by atoms with E-state index in [0.29, 0.717) is 12.5 Å². The smallest absolute Gasteiger partial charge is 0.0742 e. The maximum Gasteiger partial charge on any atom is 0.0742 e. The standard InChI is InChI=1S/C13H19BrO2S/c1-9(2)11-7-13(15,4-5-16-11)8-12-10(14)3-6-17-12/h3,6,9,11,15H,4-5,7-8H2,1-2H3. The zero-order valence-corrected chi connectivity index (χ0v) is 12.7. The van der Waals surface area contributed by atoms with Crippen molar-refractivity contribution in [2.75, 3.05) is 6.61 Å². The van der Waals surface area contributed by atoms with E-state index in [1.165, 1.54) is 4.88 Å². The molecule has 1 aromatic rings. The topological polar surface area (TPSA) is 29.5 Å². The Bertz CT molecular complexity index is 377. The third kappa shape index (κ3) is 3.31. The number of hydrogen-bond donors (Lipinski definition) is 1. The second kappa shape index (κ2) is 5.39. The molecule has 1 saturated heterocycles. The Labute approximate surface area is 115 Å². The molecule has 2 rings (SSSR count). The number of rotatable bonds is 3. The number of aliphatic hydroxyl groups is 1. The molecule has 0 aromatic carbocycles. The molecule has 2 atom stereocenters. The van der Waals surface area contributed by atoms with Gasteiger partial charge in [0.15, 0.2) is 0 Å². The summed E-state index contributed by atoms with van der Waals surface area (Å²) in [5.74, 6) is 0.466. The van der Waals surface area contributed by atoms with Crippen molar-refractivity contribution >= 4 is 27.3 Å². The minimum Gasteiger partial charge on any atom is -0.389 e. The Morgan fingerprint density at radius 3 is 3.00 bits per heavy atom. The van der Waals surface area contributed by atoms with Gasteiger partial charge in [-0.3, -0.25) is 0 Å². The van der Waals surface area contributed by atoms with E-state index in [-0.39, 0.29) is 6.10 Å². The third-order valence-corrected chi connectivity index (χ3v) is 5.33. The molecule has 0 saturated carbocycles. The number of hydrogen-bond acceptors (Lipinski definition) is 3. The van der Waals surface area contributed by atoms with Crippen molar-refractivity contribution in [1.82, 2.24) is 0 Å². The Morgan fingerprint density at radius 2 is 2.41 bits per heavy atom. The molecule has 2 heterocycles. The summed E-state index contributed by atoms with van der Waals surface area (Å²) in [7, 11) is 0. The highest BCUT2D eigenvalue weighted by Crippen LogP contribution is 2.35. The van der Waals surface area contributed by atoms with Gasteiger partial charge in [0.25, 0.3) is 0 Å². The second-order valence-corrected chi connectivity index (χ2v) is 7.06. The average molecular weight is 319 g/mol. The molecule has 1 N–H and O–H groups in total. The SMILES string of the molecule is CC(C)C1CC(O)(Cc2sccc2Br)CCO1. The van der Waals surface area contributed by atoms with Crippen LogP contribution < -0.4 is 0 Å². The van der Waals surface area contributed by atoms with Crippen LogP contribution in [0.15, 0.2) is 15.9 Å². The van der Waals surface area contributed by atoms with Gasteiger partial charge in [-0.15, -0.1) is 11.3 Å². The van der Waals surface area contributed by atoms with Crippen molar-refractivity contribution < 1.29 is 9.84 Å². The maximum atomic E-state index is 10.7. The number of ether oxygens (including phenoxy) is 1. The summed E-state index contributed by atoms with van der Waals surface area (Å²) in [4.78, 5) is 1.23. The molecule has 0 aliphatic carbocycles. The van der Waals surface area contributed by atoms with Gasteiger partial charge in [-0.05, 0) is 39.7 Å². The fourth-order valence-electron chi connectivity index (χ4n) is 2.27. The Kier molecular flexibility index (Phi) is 4.29. The van der Waals surface area contributed by atoms with Crippen LogP contribution in [0, 0.1) is 5.92 Å². The molecule has 0 radical (unpaired) electrons. The van der Waals surface area contributed by atoms with Crippen LogP contribution >= 0.6 is 27.3 Å². The summed E-state index contributed by atoms with van der Waals surface area (Å²) < 4.78 is 6.83. The normalized spacial score (nSPS) is 29.8. The molecule has 17 heavy (non-hydrogen) atoms. The molecule has 96 valence electrons. The van der Waals surface area contributed by atoms with Crippen LogP contribution in [0.25, 0.3) is 0 Å². The highest BCUT2D eigenvalue weighted by molar-refractivity contribution is 9.10. The van der Waals surface area contributed by atoms with Crippen molar-refractivity contribution in [2.45, 2.75) is 44.8 Å². The van der Waals surface area contributed by atoms with Crippen LogP contribution in [0.4, 0.5) is 0 Å². The fourth-order valence-corrected chi connectivity index (χ4v) is 3.90. The van der Waals surface area contributed by atoms with Crippen molar-refractivity contribution in [2.24, 2.45) is 5.92 Å². The summed E-state index contributed by atoms with van der Waals surface area (Å²) in [6.07, 6.45) is 2.40. The van der Waals surface area contributed by atoms with Gasteiger partial charge in [0.2, 0.25) is 0 Å². The highest BCUT2D eigenvalue weighted by Gasteiger charge is 2.36. The quantitative estimate of drug-likeness (QED) is 0.922. The molecule has 4 heteroatoms. The molecular weight excluding hydrogens is 300 g/mol. The molecule has 1 aromatic heterocycles. The van der Waals surface area contributed by atoms with Gasteiger partial charge in [-0.25, -0.2) is 0 Å². The molecule has 0 spiro atoms. The Hall–Kier alpha value is 0.1000. The lowest BCUT2D eigenvalue weighted by Gasteiger charge is -2.38. The first-order valence-electron chi connectivity index (χ1n) is 6.06. The number of thiophene rings is 1. The van der Waals surface area contributed by atoms with E-state index in [9.17, 15) is 5.11 Å². The Morgan fingerprint density at radius 1 is 1.65 bits per heavy atom. The van der Waals surface area contributed by atoms with Crippen LogP contribution in [0.3, 0.4) is 0 Å². The molecule has 1 fully saturated rings. The first-order chi connectivity index (χ1) is 8.00. The minimum atomic E-state index is -0.597. The van der Waals surface area contributed by atoms with E-state index in [2.05, 4.69) is 35.2 Å². The van der Waals surface area contributed by atoms with Crippen LogP contribution in [-0.4, -0.2) is 23.4 Å². The molecular formula is C13H19BrO2S. The van der Waals surface area contributed by atoms with Gasteiger partial charge < -0.3 is 9.84 Å². The van der Waals surface area contributed by atoms with Gasteiger partial charge >= 0.3 is 0 Å². The zero-order chi connectivity index (χ0) is 12.5. The lowest BCUT2D eigenvalue weighted by molar-refractivity contribution is -0.116. The highest BCUT2D eigenvalue weighted by atomic mass is 79.9.